The standard InChI is InChI=1S/C44H49Cl2FN6O5/c1-42(57)15-18-53(26-42)23-28-22-48-33(21-36(28)58-3)31(47)20-27-6-4-7-29(37(27)45)30-8-5-9-32(38(30)46)50-40(54)39-49-34-24-52(17-10-35(34)51(39)2)19-16-43-11-13-44(25-43,14-12-43)41(55)56/h4-9,20-22,57H,10-19,23-26H2,1-3H3,(H,50,54)(H,55,56)/b31-20-. The predicted octanol–water partition coefficient (Wildman–Crippen LogP) is 8.26. The highest BCUT2D eigenvalue weighted by Crippen LogP contribution is 2.63. The molecule has 2 aromatic carbocycles. The Morgan fingerprint density at radius 3 is 2.47 bits per heavy atom. The van der Waals surface area contributed by atoms with E-state index in [1.54, 1.807) is 48.7 Å². The van der Waals surface area contributed by atoms with Crippen LogP contribution in [0, 0.1) is 10.8 Å². The number of imidazole rings is 1. The number of aliphatic hydroxyl groups is 1. The van der Waals surface area contributed by atoms with Crippen molar-refractivity contribution in [1.29, 1.82) is 0 Å². The summed E-state index contributed by atoms with van der Waals surface area (Å²) in [5.41, 5.74) is 3.57. The third-order valence-electron chi connectivity index (χ3n) is 13.1. The van der Waals surface area contributed by atoms with Gasteiger partial charge in [0.05, 0.1) is 39.6 Å². The molecule has 0 spiro atoms. The molecule has 2 bridgehead atoms. The molecule has 1 atom stereocenters. The summed E-state index contributed by atoms with van der Waals surface area (Å²) in [4.78, 5) is 39.3. The lowest BCUT2D eigenvalue weighted by Crippen LogP contribution is -2.34. The van der Waals surface area contributed by atoms with Crippen LogP contribution in [0.25, 0.3) is 23.0 Å². The van der Waals surface area contributed by atoms with Gasteiger partial charge in [-0.2, -0.15) is 0 Å². The van der Waals surface area contributed by atoms with Gasteiger partial charge in [-0.05, 0) is 81.5 Å². The van der Waals surface area contributed by atoms with Gasteiger partial charge in [-0.15, -0.1) is 0 Å². The molecular weight excluding hydrogens is 782 g/mol. The first-order valence-electron chi connectivity index (χ1n) is 19.9. The van der Waals surface area contributed by atoms with Crippen LogP contribution in [0.2, 0.25) is 10.0 Å². The molecule has 11 nitrogen and oxygen atoms in total. The Kier molecular flexibility index (Phi) is 10.9. The zero-order valence-electron chi connectivity index (χ0n) is 33.1. The number of rotatable bonds is 12. The van der Waals surface area contributed by atoms with Gasteiger partial charge in [-0.25, -0.2) is 9.37 Å². The van der Waals surface area contributed by atoms with E-state index in [1.165, 1.54) is 13.2 Å². The van der Waals surface area contributed by atoms with Crippen molar-refractivity contribution < 1.29 is 28.9 Å². The van der Waals surface area contributed by atoms with E-state index in [0.29, 0.717) is 54.2 Å². The van der Waals surface area contributed by atoms with Crippen molar-refractivity contribution in [3.05, 3.63) is 92.7 Å². The minimum Gasteiger partial charge on any atom is -0.496 e. The summed E-state index contributed by atoms with van der Waals surface area (Å²) in [5, 5.41) is 23.7. The number of β-amino-alcohol motifs (C(OH)–C–C–N with tert-alkyl or cyclic N) is 1. The summed E-state index contributed by atoms with van der Waals surface area (Å²) < 4.78 is 23.2. The molecule has 3 fully saturated rings. The van der Waals surface area contributed by atoms with Gasteiger partial charge in [0.25, 0.3) is 5.91 Å². The number of fused-ring (bicyclic) bond motifs is 3. The van der Waals surface area contributed by atoms with E-state index in [1.807, 2.05) is 18.5 Å². The number of carboxylic acids is 1. The van der Waals surface area contributed by atoms with Gasteiger partial charge in [0.1, 0.15) is 17.3 Å². The molecule has 4 aromatic rings. The Balaban J connectivity index is 0.947. The zero-order chi connectivity index (χ0) is 41.0. The Morgan fingerprint density at radius 1 is 1.03 bits per heavy atom. The van der Waals surface area contributed by atoms with E-state index in [9.17, 15) is 19.8 Å². The van der Waals surface area contributed by atoms with Crippen molar-refractivity contribution in [1.82, 2.24) is 24.3 Å². The van der Waals surface area contributed by atoms with E-state index >= 15 is 4.39 Å². The minimum absolute atomic E-state index is 0.0907. The van der Waals surface area contributed by atoms with Crippen LogP contribution in [0.1, 0.15) is 90.7 Å². The van der Waals surface area contributed by atoms with Gasteiger partial charge in [0, 0.05) is 80.8 Å². The second-order valence-electron chi connectivity index (χ2n) is 17.1. The minimum atomic E-state index is -0.736. The molecule has 2 aromatic heterocycles. The van der Waals surface area contributed by atoms with Gasteiger partial charge in [-0.1, -0.05) is 53.5 Å². The van der Waals surface area contributed by atoms with Gasteiger partial charge < -0.3 is 24.8 Å². The lowest BCUT2D eigenvalue weighted by Gasteiger charge is -2.32. The van der Waals surface area contributed by atoms with E-state index in [4.69, 9.17) is 32.9 Å². The third kappa shape index (κ3) is 7.77. The average Bonchev–Trinajstić information content (AvgIpc) is 3.97. The molecule has 1 amide bonds. The fourth-order valence-corrected chi connectivity index (χ4v) is 10.3. The molecular formula is C44H49Cl2FN6O5. The second kappa shape index (κ2) is 15.7. The SMILES string of the molecule is COc1cc(/C(F)=C/c2cccc(-c3cccc(NC(=O)c4nc5c(n4C)CCN(CCC46CCC(C(=O)O)(CC4)C6)C5)c3Cl)c2Cl)ncc1CN1CCC(C)(O)C1. The maximum Gasteiger partial charge on any atom is 0.309 e. The molecule has 2 aliphatic heterocycles. The normalized spacial score (nSPS) is 24.6. The number of halogens is 3. The zero-order valence-corrected chi connectivity index (χ0v) is 34.6. The number of methoxy groups -OCH3 is 1. The van der Waals surface area contributed by atoms with Crippen LogP contribution in [0.5, 0.6) is 5.75 Å². The van der Waals surface area contributed by atoms with E-state index < -0.39 is 28.7 Å². The highest BCUT2D eigenvalue weighted by Gasteiger charge is 2.57. The van der Waals surface area contributed by atoms with Crippen molar-refractivity contribution in [2.75, 3.05) is 38.6 Å². The molecule has 8 rings (SSSR count). The molecule has 4 heterocycles. The number of aromatic nitrogens is 3. The third-order valence-corrected chi connectivity index (χ3v) is 13.9. The van der Waals surface area contributed by atoms with Gasteiger partial charge in [-0.3, -0.25) is 24.4 Å². The number of carbonyl (C=O) groups is 2. The Bertz CT molecular complexity index is 2300. The van der Waals surface area contributed by atoms with Crippen LogP contribution in [0.15, 0.2) is 48.7 Å². The number of carbonyl (C=O) groups excluding carboxylic acids is 1. The number of nitrogens with zero attached hydrogens (tertiary/aromatic N) is 5. The van der Waals surface area contributed by atoms with E-state index in [0.717, 1.165) is 81.5 Å². The number of hydrogen-bond donors (Lipinski definition) is 3. The maximum atomic E-state index is 15.8. The summed E-state index contributed by atoms with van der Waals surface area (Å²) in [6.45, 7) is 5.99. The molecule has 58 heavy (non-hydrogen) atoms. The Labute approximate surface area is 347 Å². The van der Waals surface area contributed by atoms with Crippen molar-refractivity contribution in [2.24, 2.45) is 17.9 Å². The smallest absolute Gasteiger partial charge is 0.309 e. The molecule has 2 aliphatic carbocycles. The molecule has 3 N–H and O–H groups in total. The first-order valence-corrected chi connectivity index (χ1v) is 20.7. The summed E-state index contributed by atoms with van der Waals surface area (Å²) in [7, 11) is 3.39. The quantitative estimate of drug-likeness (QED) is 0.129. The number of ether oxygens (including phenoxy) is 1. The monoisotopic (exact) mass is 830 g/mol. The number of likely N-dealkylation sites (tertiary alicyclic amines) is 1. The number of pyridine rings is 1. The molecule has 1 unspecified atom stereocenters. The van der Waals surface area contributed by atoms with Crippen molar-refractivity contribution in [3.63, 3.8) is 0 Å². The lowest BCUT2D eigenvalue weighted by atomic mass is 9.80. The topological polar surface area (TPSA) is 133 Å². The van der Waals surface area contributed by atoms with Gasteiger partial charge in [0.2, 0.25) is 0 Å². The summed E-state index contributed by atoms with van der Waals surface area (Å²) in [5.74, 6) is -0.848. The molecule has 14 heteroatoms. The first-order chi connectivity index (χ1) is 27.7. The fourth-order valence-electron chi connectivity index (χ4n) is 9.74. The van der Waals surface area contributed by atoms with Gasteiger partial charge >= 0.3 is 5.97 Å². The van der Waals surface area contributed by atoms with E-state index in [2.05, 4.69) is 20.1 Å². The van der Waals surface area contributed by atoms with Crippen LogP contribution in [0.3, 0.4) is 0 Å². The number of benzene rings is 2. The number of hydrogen-bond acceptors (Lipinski definition) is 8. The molecule has 1 saturated heterocycles. The molecule has 2 saturated carbocycles. The van der Waals surface area contributed by atoms with Crippen LogP contribution >= 0.6 is 23.2 Å². The molecule has 306 valence electrons. The van der Waals surface area contributed by atoms with E-state index in [-0.39, 0.29) is 27.0 Å². The van der Waals surface area contributed by atoms with Crippen molar-refractivity contribution in [3.8, 4) is 16.9 Å². The lowest BCUT2D eigenvalue weighted by molar-refractivity contribution is -0.148. The maximum absolute atomic E-state index is 15.8. The average molecular weight is 832 g/mol. The highest BCUT2D eigenvalue weighted by molar-refractivity contribution is 6.39. The molecule has 4 aliphatic rings. The van der Waals surface area contributed by atoms with Crippen LogP contribution < -0.4 is 10.1 Å². The van der Waals surface area contributed by atoms with Crippen molar-refractivity contribution >= 4 is 52.7 Å². The van der Waals surface area contributed by atoms with Crippen LogP contribution in [-0.2, 0) is 31.4 Å². The summed E-state index contributed by atoms with van der Waals surface area (Å²) in [6, 6.07) is 12.1. The highest BCUT2D eigenvalue weighted by atomic mass is 35.5. The number of anilines is 1. The fraction of sp³-hybridized carbons (Fsp3) is 0.455. The number of aliphatic carboxylic acids is 1. The Hall–Kier alpha value is -4.33. The van der Waals surface area contributed by atoms with Crippen LogP contribution in [0.4, 0.5) is 10.1 Å². The Morgan fingerprint density at radius 2 is 1.78 bits per heavy atom. The summed E-state index contributed by atoms with van der Waals surface area (Å²) in [6.07, 6.45) is 9.67. The number of amides is 1. The van der Waals surface area contributed by atoms with Crippen LogP contribution in [-0.4, -0.2) is 85.3 Å². The first kappa shape index (κ1) is 40.4. The molecule has 0 radical (unpaired) electrons. The van der Waals surface area contributed by atoms with Gasteiger partial charge in [0.15, 0.2) is 5.82 Å². The largest absolute Gasteiger partial charge is 0.496 e. The summed E-state index contributed by atoms with van der Waals surface area (Å²) >= 11 is 13.9. The predicted molar refractivity (Wildman–Crippen MR) is 223 cm³/mol. The second-order valence-corrected chi connectivity index (χ2v) is 17.8. The van der Waals surface area contributed by atoms with Crippen molar-refractivity contribution in [2.45, 2.75) is 77.0 Å². The number of carboxylic acid groups (broad SMARTS) is 1. The number of nitrogens with one attached hydrogen (secondary N) is 1.